The molecule has 1 heterocycles. The maximum Gasteiger partial charge on any atom is 0.165 e. The summed E-state index contributed by atoms with van der Waals surface area (Å²) in [5.41, 5.74) is 1.12. The molecule has 0 saturated carbocycles. The highest BCUT2D eigenvalue weighted by Crippen LogP contribution is 2.24. The van der Waals surface area contributed by atoms with Gasteiger partial charge in [-0.2, -0.15) is 0 Å². The molecule has 0 radical (unpaired) electrons. The molecule has 1 saturated heterocycles. The number of Topliss-reactive ketones (excluding diaryl/α,β-unsaturated/α-hetero) is 1. The van der Waals surface area contributed by atoms with Crippen LogP contribution in [0.5, 0.6) is 0 Å². The van der Waals surface area contributed by atoms with Crippen LogP contribution in [0.25, 0.3) is 0 Å². The Hall–Kier alpha value is -1.04. The molecule has 0 amide bonds. The summed E-state index contributed by atoms with van der Waals surface area (Å²) in [6.07, 6.45) is 1.80. The van der Waals surface area contributed by atoms with Crippen LogP contribution in [0, 0.1) is 6.92 Å². The largest absolute Gasteiger partial charge is 0.348 e. The van der Waals surface area contributed by atoms with E-state index >= 15 is 0 Å². The van der Waals surface area contributed by atoms with E-state index in [9.17, 15) is 9.00 Å². The number of carbonyl (C=O) groups excluding carboxylic acids is 1. The second-order valence-corrected chi connectivity index (χ2v) is 6.98. The summed E-state index contributed by atoms with van der Waals surface area (Å²) < 4.78 is 23.1. The third-order valence-corrected chi connectivity index (χ3v) is 4.94. The van der Waals surface area contributed by atoms with Crippen LogP contribution >= 0.6 is 0 Å². The predicted octanol–water partition coefficient (Wildman–Crippen LogP) is 2.61. The van der Waals surface area contributed by atoms with Gasteiger partial charge in [0.1, 0.15) is 5.78 Å². The molecule has 4 nitrogen and oxygen atoms in total. The average Bonchev–Trinajstić information content (AvgIpc) is 2.86. The van der Waals surface area contributed by atoms with E-state index in [1.807, 2.05) is 38.1 Å². The number of carbonyl (C=O) groups is 1. The fourth-order valence-electron chi connectivity index (χ4n) is 2.30. The number of aryl methyl sites for hydroxylation is 1. The lowest BCUT2D eigenvalue weighted by molar-refractivity contribution is -0.148. The van der Waals surface area contributed by atoms with Crippen molar-refractivity contribution in [1.29, 1.82) is 0 Å². The van der Waals surface area contributed by atoms with Crippen LogP contribution in [-0.4, -0.2) is 34.7 Å². The monoisotopic (exact) mass is 310 g/mol. The Kier molecular flexibility index (Phi) is 5.67. The van der Waals surface area contributed by atoms with Crippen molar-refractivity contribution >= 4 is 16.6 Å². The zero-order valence-electron chi connectivity index (χ0n) is 12.6. The van der Waals surface area contributed by atoms with Gasteiger partial charge in [0.15, 0.2) is 5.79 Å². The molecule has 1 atom stereocenters. The lowest BCUT2D eigenvalue weighted by atomic mass is 10.1. The molecule has 5 heteroatoms. The molecule has 1 aromatic carbocycles. The minimum Gasteiger partial charge on any atom is -0.348 e. The molecule has 0 unspecified atom stereocenters. The topological polar surface area (TPSA) is 52.6 Å². The normalized spacial score (nSPS) is 18.6. The van der Waals surface area contributed by atoms with Gasteiger partial charge in [-0.05, 0) is 32.4 Å². The molecule has 0 bridgehead atoms. The van der Waals surface area contributed by atoms with Crippen molar-refractivity contribution < 1.29 is 18.5 Å². The Morgan fingerprint density at radius 2 is 1.86 bits per heavy atom. The van der Waals surface area contributed by atoms with Crippen LogP contribution in [0.1, 0.15) is 31.7 Å². The highest BCUT2D eigenvalue weighted by atomic mass is 32.2. The molecule has 1 aromatic rings. The summed E-state index contributed by atoms with van der Waals surface area (Å²) in [4.78, 5) is 12.6. The molecule has 116 valence electrons. The first-order valence-corrected chi connectivity index (χ1v) is 8.55. The van der Waals surface area contributed by atoms with Crippen LogP contribution in [-0.2, 0) is 25.1 Å². The number of ketones is 1. The van der Waals surface area contributed by atoms with E-state index in [1.165, 1.54) is 0 Å². The van der Waals surface area contributed by atoms with E-state index in [2.05, 4.69) is 0 Å². The Morgan fingerprint density at radius 3 is 2.48 bits per heavy atom. The van der Waals surface area contributed by atoms with E-state index < -0.39 is 16.6 Å². The number of benzene rings is 1. The summed E-state index contributed by atoms with van der Waals surface area (Å²) in [6, 6.07) is 7.46. The summed E-state index contributed by atoms with van der Waals surface area (Å²) in [5.74, 6) is -0.437. The molecular formula is C16H22O4S. The Labute approximate surface area is 128 Å². The summed E-state index contributed by atoms with van der Waals surface area (Å²) in [6.45, 7) is 5.10. The van der Waals surface area contributed by atoms with Crippen molar-refractivity contribution in [3.05, 3.63) is 29.8 Å². The molecule has 1 aliphatic heterocycles. The summed E-state index contributed by atoms with van der Waals surface area (Å²) in [5, 5.41) is 0. The molecule has 1 aliphatic rings. The lowest BCUT2D eigenvalue weighted by Crippen LogP contribution is -2.25. The standard InChI is InChI=1S/C16H22O4S/c1-13-5-7-15(8-6-13)21(18)12-14(17)4-3-9-16(2)19-10-11-20-16/h5-8H,3-4,9-12H2,1-2H3/t21-/m0/s1. The Balaban J connectivity index is 1.74. The van der Waals surface area contributed by atoms with Gasteiger partial charge in [0.2, 0.25) is 0 Å². The average molecular weight is 310 g/mol. The quantitative estimate of drug-likeness (QED) is 0.777. The number of rotatable bonds is 7. The van der Waals surface area contributed by atoms with Crippen molar-refractivity contribution in [2.45, 2.75) is 43.8 Å². The third kappa shape index (κ3) is 5.02. The third-order valence-electron chi connectivity index (χ3n) is 3.56. The van der Waals surface area contributed by atoms with Gasteiger partial charge in [-0.3, -0.25) is 9.00 Å². The fraction of sp³-hybridized carbons (Fsp3) is 0.562. The zero-order chi connectivity index (χ0) is 15.3. The molecule has 0 N–H and O–H groups in total. The molecule has 2 rings (SSSR count). The fourth-order valence-corrected chi connectivity index (χ4v) is 3.34. The minimum atomic E-state index is -1.25. The second-order valence-electron chi connectivity index (χ2n) is 5.53. The summed E-state index contributed by atoms with van der Waals surface area (Å²) >= 11 is 0. The van der Waals surface area contributed by atoms with Crippen LogP contribution in [0.2, 0.25) is 0 Å². The molecule has 0 aromatic heterocycles. The molecule has 1 fully saturated rings. The van der Waals surface area contributed by atoms with Crippen molar-refractivity contribution in [1.82, 2.24) is 0 Å². The van der Waals surface area contributed by atoms with E-state index in [0.29, 0.717) is 37.4 Å². The Bertz CT molecular complexity index is 504. The number of ether oxygens (including phenoxy) is 2. The highest BCUT2D eigenvalue weighted by molar-refractivity contribution is 7.85. The van der Waals surface area contributed by atoms with Crippen molar-refractivity contribution in [2.24, 2.45) is 0 Å². The van der Waals surface area contributed by atoms with Gasteiger partial charge >= 0.3 is 0 Å². The molecular weight excluding hydrogens is 288 g/mol. The van der Waals surface area contributed by atoms with Crippen molar-refractivity contribution in [3.63, 3.8) is 0 Å². The van der Waals surface area contributed by atoms with E-state index in [0.717, 1.165) is 5.56 Å². The molecule has 0 aliphatic carbocycles. The second kappa shape index (κ2) is 7.29. The van der Waals surface area contributed by atoms with Crippen LogP contribution in [0.4, 0.5) is 0 Å². The van der Waals surface area contributed by atoms with Crippen molar-refractivity contribution in [2.75, 3.05) is 19.0 Å². The number of hydrogen-bond donors (Lipinski definition) is 0. The van der Waals surface area contributed by atoms with Gasteiger partial charge < -0.3 is 9.47 Å². The highest BCUT2D eigenvalue weighted by Gasteiger charge is 2.30. The van der Waals surface area contributed by atoms with Gasteiger partial charge in [-0.25, -0.2) is 0 Å². The van der Waals surface area contributed by atoms with Gasteiger partial charge in [0, 0.05) is 17.7 Å². The lowest BCUT2D eigenvalue weighted by Gasteiger charge is -2.21. The van der Waals surface area contributed by atoms with Crippen LogP contribution in [0.15, 0.2) is 29.2 Å². The molecule has 21 heavy (non-hydrogen) atoms. The smallest absolute Gasteiger partial charge is 0.165 e. The molecule has 0 spiro atoms. The maximum atomic E-state index is 12.1. The first kappa shape index (κ1) is 16.3. The summed E-state index contributed by atoms with van der Waals surface area (Å²) in [7, 11) is -1.25. The van der Waals surface area contributed by atoms with Crippen LogP contribution < -0.4 is 0 Å². The first-order valence-electron chi connectivity index (χ1n) is 7.23. The van der Waals surface area contributed by atoms with Gasteiger partial charge in [0.05, 0.1) is 29.8 Å². The first-order chi connectivity index (χ1) is 9.98. The Morgan fingerprint density at radius 1 is 1.24 bits per heavy atom. The van der Waals surface area contributed by atoms with E-state index in [4.69, 9.17) is 9.47 Å². The zero-order valence-corrected chi connectivity index (χ0v) is 13.4. The van der Waals surface area contributed by atoms with Gasteiger partial charge in [0.25, 0.3) is 0 Å². The maximum absolute atomic E-state index is 12.1. The van der Waals surface area contributed by atoms with Crippen molar-refractivity contribution in [3.8, 4) is 0 Å². The van der Waals surface area contributed by atoms with Gasteiger partial charge in [-0.1, -0.05) is 17.7 Å². The van der Waals surface area contributed by atoms with Crippen LogP contribution in [0.3, 0.4) is 0 Å². The SMILES string of the molecule is Cc1ccc([S@@](=O)CC(=O)CCCC2(C)OCCO2)cc1. The predicted molar refractivity (Wildman–Crippen MR) is 81.6 cm³/mol. The minimum absolute atomic E-state index is 0.0236. The van der Waals surface area contributed by atoms with Gasteiger partial charge in [-0.15, -0.1) is 0 Å². The van der Waals surface area contributed by atoms with E-state index in [1.54, 1.807) is 0 Å². The van der Waals surface area contributed by atoms with E-state index in [-0.39, 0.29) is 11.5 Å². The number of hydrogen-bond acceptors (Lipinski definition) is 4.